The summed E-state index contributed by atoms with van der Waals surface area (Å²) in [4.78, 5) is 13.0. The van der Waals surface area contributed by atoms with Crippen molar-refractivity contribution in [1.82, 2.24) is 4.90 Å². The number of hydrogen-bond donors (Lipinski definition) is 2. The number of carbonyl (C=O) groups is 1. The van der Waals surface area contributed by atoms with E-state index in [1.807, 2.05) is 70.2 Å². The lowest BCUT2D eigenvalue weighted by Crippen LogP contribution is -2.47. The number of fused-ring (bicyclic) bond motifs is 1. The van der Waals surface area contributed by atoms with Crippen molar-refractivity contribution in [2.75, 3.05) is 13.2 Å². The van der Waals surface area contributed by atoms with E-state index >= 15 is 0 Å². The van der Waals surface area contributed by atoms with Crippen LogP contribution in [-0.4, -0.2) is 53.0 Å². The van der Waals surface area contributed by atoms with E-state index in [0.717, 1.165) is 11.1 Å². The maximum Gasteiger partial charge on any atom is 0.495 e. The fraction of sp³-hybridized carbons (Fsp3) is 0.435. The van der Waals surface area contributed by atoms with Gasteiger partial charge < -0.3 is 29.2 Å². The topological polar surface area (TPSA) is 88.5 Å². The second-order valence-corrected chi connectivity index (χ2v) is 8.73. The molecule has 0 spiro atoms. The molecule has 1 heterocycles. The van der Waals surface area contributed by atoms with Crippen LogP contribution in [0.25, 0.3) is 0 Å². The molecular formula is C23H30BNO6. The van der Waals surface area contributed by atoms with E-state index in [1.54, 1.807) is 6.07 Å². The van der Waals surface area contributed by atoms with Crippen molar-refractivity contribution in [3.63, 3.8) is 0 Å². The maximum absolute atomic E-state index is 11.7. The number of rotatable bonds is 8. The predicted molar refractivity (Wildman–Crippen MR) is 119 cm³/mol. The molecule has 1 aliphatic heterocycles. The minimum atomic E-state index is -1.18. The molecule has 2 aromatic rings. The smallest absolute Gasteiger partial charge is 0.489 e. The van der Waals surface area contributed by atoms with Crippen molar-refractivity contribution >= 4 is 18.7 Å². The van der Waals surface area contributed by atoms with Crippen LogP contribution in [0.5, 0.6) is 5.75 Å². The number of carboxylic acid groups (broad SMARTS) is 1. The van der Waals surface area contributed by atoms with Gasteiger partial charge in [-0.3, -0.25) is 0 Å². The van der Waals surface area contributed by atoms with E-state index in [-0.39, 0.29) is 12.6 Å². The summed E-state index contributed by atoms with van der Waals surface area (Å²) < 4.78 is 17.5. The first kappa shape index (κ1) is 23.1. The summed E-state index contributed by atoms with van der Waals surface area (Å²) in [5.74, 6) is 0.515. The second-order valence-electron chi connectivity index (χ2n) is 8.73. The van der Waals surface area contributed by atoms with Gasteiger partial charge in [-0.1, -0.05) is 42.5 Å². The van der Waals surface area contributed by atoms with Crippen molar-refractivity contribution in [2.45, 2.75) is 52.0 Å². The first-order valence-electron chi connectivity index (χ1n) is 10.4. The van der Waals surface area contributed by atoms with Gasteiger partial charge in [0, 0.05) is 11.0 Å². The van der Waals surface area contributed by atoms with E-state index in [2.05, 4.69) is 0 Å². The standard InChI is InChI=1S/C23H30BNO6/c1-16(14-29-15-17-9-6-5-7-10-17)30-19-12-8-11-18-20(31-24(28)21(18)19)13-25(22(26)27)23(2,3)4/h5-12,16,20,28H,13-15H2,1-4H3,(H,26,27). The molecule has 3 rings (SSSR count). The molecule has 2 unspecified atom stereocenters. The molecule has 166 valence electrons. The Morgan fingerprint density at radius 1 is 1.19 bits per heavy atom. The lowest BCUT2D eigenvalue weighted by molar-refractivity contribution is 0.0497. The molecule has 0 saturated heterocycles. The Balaban J connectivity index is 1.67. The van der Waals surface area contributed by atoms with Crippen molar-refractivity contribution in [3.05, 3.63) is 59.7 Å². The van der Waals surface area contributed by atoms with Crippen molar-refractivity contribution in [2.24, 2.45) is 0 Å². The largest absolute Gasteiger partial charge is 0.495 e. The molecule has 1 amide bonds. The lowest BCUT2D eigenvalue weighted by Gasteiger charge is -2.35. The third-order valence-electron chi connectivity index (χ3n) is 5.17. The van der Waals surface area contributed by atoms with Gasteiger partial charge in [-0.2, -0.15) is 0 Å². The fourth-order valence-electron chi connectivity index (χ4n) is 3.62. The summed E-state index contributed by atoms with van der Waals surface area (Å²) in [6.07, 6.45) is -1.85. The van der Waals surface area contributed by atoms with Gasteiger partial charge in [-0.25, -0.2) is 4.79 Å². The third-order valence-corrected chi connectivity index (χ3v) is 5.17. The summed E-state index contributed by atoms with van der Waals surface area (Å²) in [6, 6.07) is 15.3. The van der Waals surface area contributed by atoms with Crippen LogP contribution in [0.4, 0.5) is 4.79 Å². The maximum atomic E-state index is 11.7. The number of hydrogen-bond acceptors (Lipinski definition) is 5. The average molecular weight is 427 g/mol. The van der Waals surface area contributed by atoms with Gasteiger partial charge in [0.05, 0.1) is 25.9 Å². The van der Waals surface area contributed by atoms with Crippen LogP contribution in [0.1, 0.15) is 44.9 Å². The predicted octanol–water partition coefficient (Wildman–Crippen LogP) is 3.21. The first-order valence-corrected chi connectivity index (χ1v) is 10.4. The van der Waals surface area contributed by atoms with Crippen molar-refractivity contribution in [1.29, 1.82) is 0 Å². The zero-order valence-corrected chi connectivity index (χ0v) is 18.4. The van der Waals surface area contributed by atoms with E-state index in [9.17, 15) is 14.9 Å². The van der Waals surface area contributed by atoms with Gasteiger partial charge in [-0.05, 0) is 44.9 Å². The van der Waals surface area contributed by atoms with E-state index in [1.165, 1.54) is 4.90 Å². The molecule has 31 heavy (non-hydrogen) atoms. The molecule has 2 N–H and O–H groups in total. The summed E-state index contributed by atoms with van der Waals surface area (Å²) in [6.45, 7) is 8.36. The molecule has 0 aliphatic carbocycles. The number of ether oxygens (including phenoxy) is 2. The molecule has 2 aromatic carbocycles. The quantitative estimate of drug-likeness (QED) is 0.629. The van der Waals surface area contributed by atoms with Crippen LogP contribution in [0, 0.1) is 0 Å². The molecule has 7 nitrogen and oxygen atoms in total. The van der Waals surface area contributed by atoms with Gasteiger partial charge in [0.15, 0.2) is 0 Å². The molecule has 0 radical (unpaired) electrons. The Morgan fingerprint density at radius 3 is 2.55 bits per heavy atom. The van der Waals surface area contributed by atoms with E-state index < -0.39 is 24.9 Å². The van der Waals surface area contributed by atoms with Crippen LogP contribution in [0.15, 0.2) is 48.5 Å². The minimum absolute atomic E-state index is 0.113. The summed E-state index contributed by atoms with van der Waals surface area (Å²) >= 11 is 0. The molecular weight excluding hydrogens is 397 g/mol. The highest BCUT2D eigenvalue weighted by Crippen LogP contribution is 2.30. The zero-order valence-electron chi connectivity index (χ0n) is 18.4. The Kier molecular flexibility index (Phi) is 7.25. The average Bonchev–Trinajstić information content (AvgIpc) is 3.02. The summed E-state index contributed by atoms with van der Waals surface area (Å²) in [5.41, 5.74) is 1.77. The van der Waals surface area contributed by atoms with Gasteiger partial charge in [0.25, 0.3) is 0 Å². The van der Waals surface area contributed by atoms with E-state index in [4.69, 9.17) is 14.1 Å². The van der Waals surface area contributed by atoms with Crippen LogP contribution < -0.4 is 10.2 Å². The molecule has 0 fully saturated rings. The number of amides is 1. The summed E-state index contributed by atoms with van der Waals surface area (Å²) in [7, 11) is -1.18. The minimum Gasteiger partial charge on any atom is -0.489 e. The lowest BCUT2D eigenvalue weighted by atomic mass is 9.78. The Morgan fingerprint density at radius 2 is 1.90 bits per heavy atom. The highest BCUT2D eigenvalue weighted by molar-refractivity contribution is 6.62. The van der Waals surface area contributed by atoms with Gasteiger partial charge in [0.2, 0.25) is 0 Å². The number of benzene rings is 2. The van der Waals surface area contributed by atoms with Gasteiger partial charge in [0.1, 0.15) is 11.9 Å². The highest BCUT2D eigenvalue weighted by Gasteiger charge is 2.41. The van der Waals surface area contributed by atoms with Gasteiger partial charge >= 0.3 is 13.2 Å². The van der Waals surface area contributed by atoms with Crippen LogP contribution in [0.3, 0.4) is 0 Å². The SMILES string of the molecule is CC(COCc1ccccc1)Oc1cccc2c1B(O)OC2CN(C(=O)O)C(C)(C)C. The summed E-state index contributed by atoms with van der Waals surface area (Å²) in [5, 5.41) is 20.1. The van der Waals surface area contributed by atoms with Crippen LogP contribution in [0.2, 0.25) is 0 Å². The fourth-order valence-corrected chi connectivity index (χ4v) is 3.62. The third kappa shape index (κ3) is 5.78. The molecule has 8 heteroatoms. The van der Waals surface area contributed by atoms with Crippen LogP contribution >= 0.6 is 0 Å². The van der Waals surface area contributed by atoms with E-state index in [0.29, 0.717) is 24.4 Å². The highest BCUT2D eigenvalue weighted by atomic mass is 16.5. The first-order chi connectivity index (χ1) is 14.7. The monoisotopic (exact) mass is 427 g/mol. The van der Waals surface area contributed by atoms with Crippen LogP contribution in [-0.2, 0) is 16.0 Å². The number of nitrogens with zero attached hydrogens (tertiary/aromatic N) is 1. The Labute approximate surface area is 183 Å². The van der Waals surface area contributed by atoms with Crippen molar-refractivity contribution in [3.8, 4) is 5.75 Å². The Hall–Kier alpha value is -2.55. The molecule has 1 aliphatic rings. The normalized spacial score (nSPS) is 16.7. The van der Waals surface area contributed by atoms with Gasteiger partial charge in [-0.15, -0.1) is 0 Å². The Bertz CT molecular complexity index is 885. The molecule has 2 atom stereocenters. The molecule has 0 aromatic heterocycles. The molecule has 0 bridgehead atoms. The zero-order chi connectivity index (χ0) is 22.6. The van der Waals surface area contributed by atoms with Crippen molar-refractivity contribution < 1.29 is 29.1 Å². The molecule has 0 saturated carbocycles. The second kappa shape index (κ2) is 9.72.